The van der Waals surface area contributed by atoms with Crippen molar-refractivity contribution in [3.05, 3.63) is 47.2 Å². The van der Waals surface area contributed by atoms with Crippen molar-refractivity contribution in [2.75, 3.05) is 6.54 Å². The van der Waals surface area contributed by atoms with Gasteiger partial charge < -0.3 is 5.32 Å². The van der Waals surface area contributed by atoms with E-state index in [-0.39, 0.29) is 6.04 Å². The average Bonchev–Trinajstić information content (AvgIpc) is 2.82. The van der Waals surface area contributed by atoms with Crippen LogP contribution in [0.5, 0.6) is 0 Å². The standard InChI is InChI=1S/C12H15ClN4/c1-10(11-3-2-4-12(13)9-11)14-5-7-17-8-6-15-16-17/h2-4,6,8-10,14H,5,7H2,1H3. The summed E-state index contributed by atoms with van der Waals surface area (Å²) >= 11 is 5.95. The van der Waals surface area contributed by atoms with E-state index in [0.717, 1.165) is 18.1 Å². The van der Waals surface area contributed by atoms with Gasteiger partial charge in [-0.05, 0) is 24.6 Å². The Morgan fingerprint density at radius 3 is 3.06 bits per heavy atom. The largest absolute Gasteiger partial charge is 0.308 e. The molecule has 0 amide bonds. The molecule has 2 aromatic rings. The van der Waals surface area contributed by atoms with Crippen LogP contribution in [-0.2, 0) is 6.54 Å². The summed E-state index contributed by atoms with van der Waals surface area (Å²) in [7, 11) is 0. The van der Waals surface area contributed by atoms with Crippen molar-refractivity contribution < 1.29 is 0 Å². The summed E-state index contributed by atoms with van der Waals surface area (Å²) in [5.74, 6) is 0. The minimum Gasteiger partial charge on any atom is -0.308 e. The van der Waals surface area contributed by atoms with E-state index >= 15 is 0 Å². The van der Waals surface area contributed by atoms with E-state index in [9.17, 15) is 0 Å². The predicted octanol–water partition coefficient (Wildman–Crippen LogP) is 2.28. The number of hydrogen-bond donors (Lipinski definition) is 1. The molecule has 0 aliphatic heterocycles. The summed E-state index contributed by atoms with van der Waals surface area (Å²) in [4.78, 5) is 0. The van der Waals surface area contributed by atoms with Crippen molar-refractivity contribution in [1.82, 2.24) is 20.3 Å². The van der Waals surface area contributed by atoms with Gasteiger partial charge in [-0.25, -0.2) is 0 Å². The van der Waals surface area contributed by atoms with Gasteiger partial charge in [-0.2, -0.15) is 0 Å². The number of benzene rings is 1. The van der Waals surface area contributed by atoms with Crippen molar-refractivity contribution in [3.63, 3.8) is 0 Å². The van der Waals surface area contributed by atoms with Crippen LogP contribution in [0.2, 0.25) is 5.02 Å². The average molecular weight is 251 g/mol. The van der Waals surface area contributed by atoms with Gasteiger partial charge in [0.05, 0.1) is 12.7 Å². The highest BCUT2D eigenvalue weighted by Gasteiger charge is 2.04. The van der Waals surface area contributed by atoms with Crippen LogP contribution in [0.3, 0.4) is 0 Å². The molecule has 0 aliphatic carbocycles. The normalized spacial score (nSPS) is 12.6. The molecule has 2 rings (SSSR count). The highest BCUT2D eigenvalue weighted by molar-refractivity contribution is 6.30. The second kappa shape index (κ2) is 5.80. The minimum absolute atomic E-state index is 0.275. The lowest BCUT2D eigenvalue weighted by Crippen LogP contribution is -2.23. The Hall–Kier alpha value is -1.39. The van der Waals surface area contributed by atoms with Gasteiger partial charge in [0.2, 0.25) is 0 Å². The van der Waals surface area contributed by atoms with Gasteiger partial charge in [0.15, 0.2) is 0 Å². The molecule has 1 aromatic heterocycles. The maximum atomic E-state index is 5.95. The number of rotatable bonds is 5. The topological polar surface area (TPSA) is 42.7 Å². The van der Waals surface area contributed by atoms with E-state index in [2.05, 4.69) is 28.6 Å². The van der Waals surface area contributed by atoms with Gasteiger partial charge in [0.1, 0.15) is 0 Å². The first-order valence-electron chi connectivity index (χ1n) is 5.58. The highest BCUT2D eigenvalue weighted by Crippen LogP contribution is 2.16. The van der Waals surface area contributed by atoms with Gasteiger partial charge in [-0.15, -0.1) is 5.10 Å². The Labute approximate surface area is 106 Å². The van der Waals surface area contributed by atoms with Crippen LogP contribution < -0.4 is 5.32 Å². The van der Waals surface area contributed by atoms with E-state index in [1.54, 1.807) is 10.9 Å². The third kappa shape index (κ3) is 3.54. The zero-order valence-electron chi connectivity index (χ0n) is 9.68. The molecule has 5 heteroatoms. The van der Waals surface area contributed by atoms with Crippen LogP contribution in [0.15, 0.2) is 36.7 Å². The molecule has 1 N–H and O–H groups in total. The van der Waals surface area contributed by atoms with Crippen LogP contribution >= 0.6 is 11.6 Å². The molecule has 1 heterocycles. The van der Waals surface area contributed by atoms with E-state index in [1.165, 1.54) is 5.56 Å². The lowest BCUT2D eigenvalue weighted by atomic mass is 10.1. The Bertz CT molecular complexity index is 455. The number of aromatic nitrogens is 3. The molecule has 0 fully saturated rings. The van der Waals surface area contributed by atoms with Crippen molar-refractivity contribution in [2.45, 2.75) is 19.5 Å². The SMILES string of the molecule is CC(NCCn1ccnn1)c1cccc(Cl)c1. The predicted molar refractivity (Wildman–Crippen MR) is 67.9 cm³/mol. The fourth-order valence-corrected chi connectivity index (χ4v) is 1.84. The minimum atomic E-state index is 0.275. The first-order valence-corrected chi connectivity index (χ1v) is 5.96. The van der Waals surface area contributed by atoms with Crippen LogP contribution in [0.4, 0.5) is 0 Å². The molecule has 17 heavy (non-hydrogen) atoms. The van der Waals surface area contributed by atoms with Crippen LogP contribution in [-0.4, -0.2) is 21.5 Å². The molecule has 0 spiro atoms. The fourth-order valence-electron chi connectivity index (χ4n) is 1.64. The van der Waals surface area contributed by atoms with E-state index in [1.807, 2.05) is 24.4 Å². The van der Waals surface area contributed by atoms with E-state index in [0.29, 0.717) is 0 Å². The van der Waals surface area contributed by atoms with E-state index in [4.69, 9.17) is 11.6 Å². The molecule has 0 bridgehead atoms. The Kier molecular flexibility index (Phi) is 4.12. The molecule has 1 unspecified atom stereocenters. The third-order valence-corrected chi connectivity index (χ3v) is 2.85. The highest BCUT2D eigenvalue weighted by atomic mass is 35.5. The number of hydrogen-bond acceptors (Lipinski definition) is 3. The molecule has 1 atom stereocenters. The lowest BCUT2D eigenvalue weighted by Gasteiger charge is -2.14. The van der Waals surface area contributed by atoms with Gasteiger partial charge >= 0.3 is 0 Å². The molecule has 0 radical (unpaired) electrons. The summed E-state index contributed by atoms with van der Waals surface area (Å²) in [5, 5.41) is 11.9. The molecule has 0 saturated heterocycles. The summed E-state index contributed by atoms with van der Waals surface area (Å²) in [6.07, 6.45) is 3.53. The second-order valence-corrected chi connectivity index (χ2v) is 4.33. The van der Waals surface area contributed by atoms with Crippen molar-refractivity contribution in [3.8, 4) is 0 Å². The maximum absolute atomic E-state index is 5.95. The number of nitrogens with one attached hydrogen (secondary N) is 1. The quantitative estimate of drug-likeness (QED) is 0.885. The third-order valence-electron chi connectivity index (χ3n) is 2.61. The molecular formula is C12H15ClN4. The van der Waals surface area contributed by atoms with Crippen LogP contribution in [0.25, 0.3) is 0 Å². The van der Waals surface area contributed by atoms with Gasteiger partial charge in [0.25, 0.3) is 0 Å². The fraction of sp³-hybridized carbons (Fsp3) is 0.333. The molecule has 4 nitrogen and oxygen atoms in total. The molecule has 0 aliphatic rings. The Balaban J connectivity index is 1.83. The molecule has 1 aromatic carbocycles. The summed E-state index contributed by atoms with van der Waals surface area (Å²) in [6.45, 7) is 3.77. The number of nitrogens with zero attached hydrogens (tertiary/aromatic N) is 3. The van der Waals surface area contributed by atoms with Crippen molar-refractivity contribution in [2.24, 2.45) is 0 Å². The smallest absolute Gasteiger partial charge is 0.0692 e. The molecular weight excluding hydrogens is 236 g/mol. The summed E-state index contributed by atoms with van der Waals surface area (Å²) < 4.78 is 1.80. The molecule has 0 saturated carbocycles. The monoisotopic (exact) mass is 250 g/mol. The first kappa shape index (κ1) is 12.1. The van der Waals surface area contributed by atoms with Crippen LogP contribution in [0, 0.1) is 0 Å². The van der Waals surface area contributed by atoms with Crippen molar-refractivity contribution >= 4 is 11.6 Å². The zero-order chi connectivity index (χ0) is 12.1. The summed E-state index contributed by atoms with van der Waals surface area (Å²) in [5.41, 5.74) is 1.19. The van der Waals surface area contributed by atoms with Gasteiger partial charge in [-0.3, -0.25) is 4.68 Å². The Morgan fingerprint density at radius 2 is 2.35 bits per heavy atom. The first-order chi connectivity index (χ1) is 8.25. The summed E-state index contributed by atoms with van der Waals surface area (Å²) in [6, 6.07) is 8.17. The van der Waals surface area contributed by atoms with Gasteiger partial charge in [0, 0.05) is 23.8 Å². The maximum Gasteiger partial charge on any atom is 0.0692 e. The Morgan fingerprint density at radius 1 is 1.47 bits per heavy atom. The molecule has 90 valence electrons. The van der Waals surface area contributed by atoms with Gasteiger partial charge in [-0.1, -0.05) is 28.9 Å². The lowest BCUT2D eigenvalue weighted by molar-refractivity contribution is 0.499. The van der Waals surface area contributed by atoms with Crippen molar-refractivity contribution in [1.29, 1.82) is 0 Å². The second-order valence-electron chi connectivity index (χ2n) is 3.90. The zero-order valence-corrected chi connectivity index (χ0v) is 10.4. The van der Waals surface area contributed by atoms with E-state index < -0.39 is 0 Å². The number of halogens is 1. The van der Waals surface area contributed by atoms with Crippen LogP contribution in [0.1, 0.15) is 18.5 Å².